The van der Waals surface area contributed by atoms with Crippen LogP contribution in [-0.2, 0) is 0 Å². The molecule has 0 amide bonds. The van der Waals surface area contributed by atoms with Gasteiger partial charge in [-0.3, -0.25) is 0 Å². The number of aromatic nitrogens is 1. The zero-order valence-electron chi connectivity index (χ0n) is 10.7. The van der Waals surface area contributed by atoms with E-state index in [4.69, 9.17) is 16.7 Å². The highest BCUT2D eigenvalue weighted by molar-refractivity contribution is 6.29. The first-order valence-corrected chi connectivity index (χ1v) is 6.52. The van der Waals surface area contributed by atoms with Crippen LogP contribution in [0.3, 0.4) is 0 Å². The lowest BCUT2D eigenvalue weighted by atomic mass is 9.97. The Bertz CT molecular complexity index is 864. The Balaban J connectivity index is 2.34. The van der Waals surface area contributed by atoms with Crippen molar-refractivity contribution in [3.8, 4) is 11.1 Å². The van der Waals surface area contributed by atoms with Gasteiger partial charge in [0.15, 0.2) is 11.0 Å². The van der Waals surface area contributed by atoms with Gasteiger partial charge in [0, 0.05) is 11.8 Å². The largest absolute Gasteiger partial charge is 0.478 e. The predicted octanol–water partition coefficient (Wildman–Crippen LogP) is 4.39. The van der Waals surface area contributed by atoms with Gasteiger partial charge >= 0.3 is 5.97 Å². The Kier molecular flexibility index (Phi) is 3.31. The number of carboxylic acid groups (broad SMARTS) is 1. The number of fused-ring (bicyclic) bond motifs is 1. The highest BCUT2D eigenvalue weighted by Gasteiger charge is 2.13. The standard InChI is InChI=1S/C16H9ClFNO2/c17-15-14(18)12(6-7-19-15)11-3-1-2-9-4-5-10(16(20)21)8-13(9)11/h1-8H,(H,20,21). The maximum Gasteiger partial charge on any atom is 0.335 e. The summed E-state index contributed by atoms with van der Waals surface area (Å²) in [7, 11) is 0. The summed E-state index contributed by atoms with van der Waals surface area (Å²) in [6.07, 6.45) is 1.42. The molecule has 0 radical (unpaired) electrons. The number of benzene rings is 2. The number of halogens is 2. The lowest BCUT2D eigenvalue weighted by molar-refractivity contribution is 0.0697. The van der Waals surface area contributed by atoms with Crippen molar-refractivity contribution in [2.75, 3.05) is 0 Å². The van der Waals surface area contributed by atoms with Crippen LogP contribution in [0.25, 0.3) is 21.9 Å². The van der Waals surface area contributed by atoms with E-state index >= 15 is 0 Å². The molecule has 0 saturated carbocycles. The molecule has 0 bridgehead atoms. The van der Waals surface area contributed by atoms with Crippen molar-refractivity contribution in [3.05, 3.63) is 65.2 Å². The molecule has 1 heterocycles. The van der Waals surface area contributed by atoms with Gasteiger partial charge in [0.25, 0.3) is 0 Å². The van der Waals surface area contributed by atoms with Crippen LogP contribution in [0, 0.1) is 5.82 Å². The van der Waals surface area contributed by atoms with Gasteiger partial charge in [-0.1, -0.05) is 35.9 Å². The molecule has 0 aliphatic heterocycles. The minimum absolute atomic E-state index is 0.149. The SMILES string of the molecule is O=C(O)c1ccc2cccc(-c3ccnc(Cl)c3F)c2c1. The smallest absolute Gasteiger partial charge is 0.335 e. The molecule has 5 heteroatoms. The van der Waals surface area contributed by atoms with E-state index in [1.807, 2.05) is 6.07 Å². The second-order valence-corrected chi connectivity index (χ2v) is 4.87. The summed E-state index contributed by atoms with van der Waals surface area (Å²) in [6, 6.07) is 11.6. The molecule has 0 saturated heterocycles. The molecule has 104 valence electrons. The molecule has 0 unspecified atom stereocenters. The average molecular weight is 302 g/mol. The van der Waals surface area contributed by atoms with Gasteiger partial charge in [-0.15, -0.1) is 0 Å². The van der Waals surface area contributed by atoms with Crippen molar-refractivity contribution >= 4 is 28.3 Å². The molecule has 2 aromatic carbocycles. The van der Waals surface area contributed by atoms with Gasteiger partial charge in [0.1, 0.15) is 0 Å². The molecule has 0 aliphatic rings. The molecule has 0 aliphatic carbocycles. The first kappa shape index (κ1) is 13.5. The van der Waals surface area contributed by atoms with E-state index in [1.54, 1.807) is 18.2 Å². The molecule has 3 rings (SSSR count). The van der Waals surface area contributed by atoms with E-state index in [0.29, 0.717) is 16.5 Å². The second-order valence-electron chi connectivity index (χ2n) is 4.51. The summed E-state index contributed by atoms with van der Waals surface area (Å²) in [5, 5.41) is 10.4. The monoisotopic (exact) mass is 301 g/mol. The van der Waals surface area contributed by atoms with Crippen LogP contribution in [0.2, 0.25) is 5.15 Å². The van der Waals surface area contributed by atoms with Gasteiger partial charge in [0.2, 0.25) is 0 Å². The van der Waals surface area contributed by atoms with Gasteiger partial charge < -0.3 is 5.11 Å². The van der Waals surface area contributed by atoms with Crippen molar-refractivity contribution < 1.29 is 14.3 Å². The number of hydrogen-bond acceptors (Lipinski definition) is 2. The molecule has 1 N–H and O–H groups in total. The fraction of sp³-hybridized carbons (Fsp3) is 0. The topological polar surface area (TPSA) is 50.2 Å². The fourth-order valence-electron chi connectivity index (χ4n) is 2.27. The van der Waals surface area contributed by atoms with Crippen LogP contribution in [0.5, 0.6) is 0 Å². The van der Waals surface area contributed by atoms with Gasteiger partial charge in [-0.2, -0.15) is 0 Å². The molecular formula is C16H9ClFNO2. The van der Waals surface area contributed by atoms with E-state index in [-0.39, 0.29) is 10.7 Å². The highest BCUT2D eigenvalue weighted by Crippen LogP contribution is 2.32. The quantitative estimate of drug-likeness (QED) is 0.714. The predicted molar refractivity (Wildman–Crippen MR) is 79.1 cm³/mol. The van der Waals surface area contributed by atoms with Crippen molar-refractivity contribution in [1.29, 1.82) is 0 Å². The third-order valence-electron chi connectivity index (χ3n) is 3.27. The van der Waals surface area contributed by atoms with Crippen LogP contribution in [0.4, 0.5) is 4.39 Å². The molecule has 0 fully saturated rings. The molecule has 3 nitrogen and oxygen atoms in total. The lowest BCUT2D eigenvalue weighted by Crippen LogP contribution is -1.96. The zero-order valence-corrected chi connectivity index (χ0v) is 11.4. The van der Waals surface area contributed by atoms with Crippen LogP contribution in [-0.4, -0.2) is 16.1 Å². The summed E-state index contributed by atoms with van der Waals surface area (Å²) >= 11 is 5.72. The highest BCUT2D eigenvalue weighted by atomic mass is 35.5. The summed E-state index contributed by atoms with van der Waals surface area (Å²) in [6.45, 7) is 0. The third-order valence-corrected chi connectivity index (χ3v) is 3.53. The summed E-state index contributed by atoms with van der Waals surface area (Å²) in [5.74, 6) is -1.65. The average Bonchev–Trinajstić information content (AvgIpc) is 2.49. The first-order valence-electron chi connectivity index (χ1n) is 6.14. The van der Waals surface area contributed by atoms with Crippen LogP contribution < -0.4 is 0 Å². The Morgan fingerprint density at radius 1 is 1.14 bits per heavy atom. The number of pyridine rings is 1. The van der Waals surface area contributed by atoms with E-state index in [2.05, 4.69) is 4.98 Å². The lowest BCUT2D eigenvalue weighted by Gasteiger charge is -2.09. The molecule has 0 atom stereocenters. The summed E-state index contributed by atoms with van der Waals surface area (Å²) in [5.41, 5.74) is 1.02. The number of carbonyl (C=O) groups is 1. The van der Waals surface area contributed by atoms with E-state index in [9.17, 15) is 9.18 Å². The van der Waals surface area contributed by atoms with Crippen molar-refractivity contribution in [2.24, 2.45) is 0 Å². The van der Waals surface area contributed by atoms with E-state index in [1.165, 1.54) is 24.4 Å². The molecular weight excluding hydrogens is 293 g/mol. The fourth-order valence-corrected chi connectivity index (χ4v) is 2.42. The van der Waals surface area contributed by atoms with Crippen LogP contribution in [0.15, 0.2) is 48.7 Å². The Morgan fingerprint density at radius 2 is 1.95 bits per heavy atom. The molecule has 1 aromatic heterocycles. The molecule has 3 aromatic rings. The van der Waals surface area contributed by atoms with Gasteiger partial charge in [0.05, 0.1) is 5.56 Å². The Morgan fingerprint density at radius 3 is 2.71 bits per heavy atom. The van der Waals surface area contributed by atoms with Crippen LogP contribution >= 0.6 is 11.6 Å². The number of aromatic carboxylic acids is 1. The maximum atomic E-state index is 14.2. The normalized spacial score (nSPS) is 10.8. The number of rotatable bonds is 2. The second kappa shape index (κ2) is 5.14. The van der Waals surface area contributed by atoms with E-state index in [0.717, 1.165) is 5.39 Å². The Labute approximate surface area is 124 Å². The van der Waals surface area contributed by atoms with Crippen molar-refractivity contribution in [2.45, 2.75) is 0 Å². The summed E-state index contributed by atoms with van der Waals surface area (Å²) in [4.78, 5) is 14.8. The first-order chi connectivity index (χ1) is 10.1. The minimum Gasteiger partial charge on any atom is -0.478 e. The summed E-state index contributed by atoms with van der Waals surface area (Å²) < 4.78 is 14.2. The third kappa shape index (κ3) is 2.34. The minimum atomic E-state index is -1.03. The molecule has 21 heavy (non-hydrogen) atoms. The maximum absolute atomic E-state index is 14.2. The Hall–Kier alpha value is -2.46. The van der Waals surface area contributed by atoms with Crippen molar-refractivity contribution in [1.82, 2.24) is 4.98 Å². The number of nitrogens with zero attached hydrogens (tertiary/aromatic N) is 1. The van der Waals surface area contributed by atoms with Crippen LogP contribution in [0.1, 0.15) is 10.4 Å². The zero-order chi connectivity index (χ0) is 15.0. The van der Waals surface area contributed by atoms with Gasteiger partial charge in [-0.25, -0.2) is 14.2 Å². The molecule has 0 spiro atoms. The van der Waals surface area contributed by atoms with E-state index < -0.39 is 11.8 Å². The van der Waals surface area contributed by atoms with Crippen molar-refractivity contribution in [3.63, 3.8) is 0 Å². The number of carboxylic acids is 1. The van der Waals surface area contributed by atoms with Gasteiger partial charge in [-0.05, 0) is 34.5 Å². The number of hydrogen-bond donors (Lipinski definition) is 1.